The zero-order valence-corrected chi connectivity index (χ0v) is 13.5. The van der Waals surface area contributed by atoms with Gasteiger partial charge in [0.25, 0.3) is 0 Å². The molecule has 0 N–H and O–H groups in total. The first kappa shape index (κ1) is 15.4. The van der Waals surface area contributed by atoms with Gasteiger partial charge in [-0.05, 0) is 65.5 Å². The molecule has 21 heavy (non-hydrogen) atoms. The number of Topliss-reactive ketones (excluding diaryl/α,β-unsaturated/α-hetero) is 1. The molecule has 3 fully saturated rings. The molecule has 0 aromatic heterocycles. The van der Waals surface area contributed by atoms with Crippen LogP contribution in [0.15, 0.2) is 0 Å². The van der Waals surface area contributed by atoms with Crippen molar-refractivity contribution in [2.75, 3.05) is 32.9 Å². The lowest BCUT2D eigenvalue weighted by Crippen LogP contribution is -2.54. The number of hydrogen-bond acceptors (Lipinski definition) is 4. The van der Waals surface area contributed by atoms with Crippen LogP contribution in [0.5, 0.6) is 0 Å². The maximum Gasteiger partial charge on any atom is 0.155 e. The van der Waals surface area contributed by atoms with Gasteiger partial charge in [-0.3, -0.25) is 9.69 Å². The van der Waals surface area contributed by atoms with E-state index in [1.54, 1.807) is 0 Å². The number of hydrogen-bond donors (Lipinski definition) is 0. The minimum absolute atomic E-state index is 0.0854. The van der Waals surface area contributed by atoms with Crippen LogP contribution in [0.4, 0.5) is 0 Å². The van der Waals surface area contributed by atoms with Gasteiger partial charge in [0.1, 0.15) is 0 Å². The maximum absolute atomic E-state index is 13.1. The van der Waals surface area contributed by atoms with Crippen molar-refractivity contribution in [2.45, 2.75) is 63.5 Å². The highest BCUT2D eigenvalue weighted by Crippen LogP contribution is 2.39. The van der Waals surface area contributed by atoms with Crippen LogP contribution in [0.2, 0.25) is 0 Å². The quantitative estimate of drug-likeness (QED) is 0.801. The summed E-state index contributed by atoms with van der Waals surface area (Å²) in [5.74, 6) is 0.589. The fourth-order valence-electron chi connectivity index (χ4n) is 4.27. The van der Waals surface area contributed by atoms with Crippen LogP contribution < -0.4 is 0 Å². The minimum Gasteiger partial charge on any atom is -0.381 e. The van der Waals surface area contributed by atoms with Crippen molar-refractivity contribution >= 4 is 5.78 Å². The standard InChI is InChI=1S/C17H29NO3/c1-16(2,18-8-3-4-9-18)15(19)14-5-10-21-17(13-14)6-11-20-12-7-17/h14H,3-13H2,1-2H3. The average molecular weight is 295 g/mol. The number of rotatable bonds is 3. The van der Waals surface area contributed by atoms with E-state index < -0.39 is 0 Å². The molecule has 0 amide bonds. The molecule has 3 heterocycles. The van der Waals surface area contributed by atoms with E-state index in [0.29, 0.717) is 5.78 Å². The van der Waals surface area contributed by atoms with Gasteiger partial charge in [-0.1, -0.05) is 0 Å². The van der Waals surface area contributed by atoms with Crippen LogP contribution in [-0.4, -0.2) is 54.7 Å². The molecule has 3 aliphatic heterocycles. The van der Waals surface area contributed by atoms with Gasteiger partial charge in [-0.2, -0.15) is 0 Å². The van der Waals surface area contributed by atoms with Crippen molar-refractivity contribution in [2.24, 2.45) is 5.92 Å². The fourth-order valence-corrected chi connectivity index (χ4v) is 4.27. The highest BCUT2D eigenvalue weighted by molar-refractivity contribution is 5.89. The predicted octanol–water partition coefficient (Wildman–Crippen LogP) is 2.41. The molecule has 3 saturated heterocycles. The number of likely N-dealkylation sites (tertiary alicyclic amines) is 1. The molecule has 4 nitrogen and oxygen atoms in total. The predicted molar refractivity (Wildman–Crippen MR) is 81.4 cm³/mol. The molecule has 4 heteroatoms. The third-order valence-electron chi connectivity index (χ3n) is 5.77. The van der Waals surface area contributed by atoms with Crippen LogP contribution in [0.3, 0.4) is 0 Å². The highest BCUT2D eigenvalue weighted by Gasteiger charge is 2.46. The number of ether oxygens (including phenoxy) is 2. The van der Waals surface area contributed by atoms with Crippen LogP contribution in [0, 0.1) is 5.92 Å². The van der Waals surface area contributed by atoms with Gasteiger partial charge in [0.2, 0.25) is 0 Å². The van der Waals surface area contributed by atoms with Crippen LogP contribution in [0.25, 0.3) is 0 Å². The Kier molecular flexibility index (Phi) is 4.40. The molecular formula is C17H29NO3. The van der Waals surface area contributed by atoms with Crippen LogP contribution in [0.1, 0.15) is 52.4 Å². The number of nitrogens with zero attached hydrogens (tertiary/aromatic N) is 1. The van der Waals surface area contributed by atoms with E-state index >= 15 is 0 Å². The van der Waals surface area contributed by atoms with E-state index in [9.17, 15) is 4.79 Å². The van der Waals surface area contributed by atoms with Gasteiger partial charge < -0.3 is 9.47 Å². The molecular weight excluding hydrogens is 266 g/mol. The Morgan fingerprint density at radius 1 is 1.14 bits per heavy atom. The summed E-state index contributed by atoms with van der Waals surface area (Å²) in [6.45, 7) is 8.65. The summed E-state index contributed by atoms with van der Waals surface area (Å²) in [4.78, 5) is 15.5. The van der Waals surface area contributed by atoms with E-state index in [1.807, 2.05) is 0 Å². The van der Waals surface area contributed by atoms with Crippen molar-refractivity contribution in [3.05, 3.63) is 0 Å². The van der Waals surface area contributed by atoms with Crippen molar-refractivity contribution < 1.29 is 14.3 Å². The van der Waals surface area contributed by atoms with Gasteiger partial charge >= 0.3 is 0 Å². The summed E-state index contributed by atoms with van der Waals surface area (Å²) in [6.07, 6.45) is 6.13. The van der Waals surface area contributed by atoms with E-state index in [1.165, 1.54) is 12.8 Å². The lowest BCUT2D eigenvalue weighted by molar-refractivity contribution is -0.162. The zero-order chi connectivity index (χ0) is 14.9. The molecule has 0 aromatic rings. The van der Waals surface area contributed by atoms with Crippen molar-refractivity contribution in [1.82, 2.24) is 4.90 Å². The first-order chi connectivity index (χ1) is 10.0. The fraction of sp³-hybridized carbons (Fsp3) is 0.941. The summed E-state index contributed by atoms with van der Waals surface area (Å²) >= 11 is 0. The van der Waals surface area contributed by atoms with E-state index in [0.717, 1.165) is 58.6 Å². The summed E-state index contributed by atoms with van der Waals surface area (Å²) < 4.78 is 11.5. The molecule has 1 atom stereocenters. The maximum atomic E-state index is 13.1. The zero-order valence-electron chi connectivity index (χ0n) is 13.5. The van der Waals surface area contributed by atoms with Crippen molar-refractivity contribution in [1.29, 1.82) is 0 Å². The Morgan fingerprint density at radius 3 is 2.48 bits per heavy atom. The normalized spacial score (nSPS) is 30.7. The molecule has 0 saturated carbocycles. The smallest absolute Gasteiger partial charge is 0.155 e. The Bertz CT molecular complexity index is 376. The molecule has 0 aromatic carbocycles. The molecule has 0 aliphatic carbocycles. The molecule has 0 radical (unpaired) electrons. The summed E-state index contributed by atoms with van der Waals surface area (Å²) in [5, 5.41) is 0. The lowest BCUT2D eigenvalue weighted by atomic mass is 9.75. The Labute approximate surface area is 128 Å². The minimum atomic E-state index is -0.315. The molecule has 1 unspecified atom stereocenters. The first-order valence-electron chi connectivity index (χ1n) is 8.55. The summed E-state index contributed by atoms with van der Waals surface area (Å²) in [7, 11) is 0. The monoisotopic (exact) mass is 295 g/mol. The topological polar surface area (TPSA) is 38.8 Å². The molecule has 0 bridgehead atoms. The molecule has 3 aliphatic rings. The molecule has 120 valence electrons. The summed E-state index contributed by atoms with van der Waals surface area (Å²) in [5.41, 5.74) is -0.400. The number of carbonyl (C=O) groups excluding carboxylic acids is 1. The third kappa shape index (κ3) is 3.03. The largest absolute Gasteiger partial charge is 0.381 e. The second-order valence-corrected chi connectivity index (χ2v) is 7.45. The van der Waals surface area contributed by atoms with Crippen molar-refractivity contribution in [3.63, 3.8) is 0 Å². The van der Waals surface area contributed by atoms with E-state index in [2.05, 4.69) is 18.7 Å². The summed E-state index contributed by atoms with van der Waals surface area (Å²) in [6, 6.07) is 0. The van der Waals surface area contributed by atoms with Crippen LogP contribution >= 0.6 is 0 Å². The molecule has 1 spiro atoms. The SMILES string of the molecule is CC(C)(C(=O)C1CCOC2(CCOCC2)C1)N1CCCC1. The Balaban J connectivity index is 1.68. The second kappa shape index (κ2) is 5.98. The number of ketones is 1. The first-order valence-corrected chi connectivity index (χ1v) is 8.55. The van der Waals surface area contributed by atoms with Gasteiger partial charge in [-0.25, -0.2) is 0 Å². The van der Waals surface area contributed by atoms with Gasteiger partial charge in [0, 0.05) is 25.7 Å². The lowest BCUT2D eigenvalue weighted by Gasteiger charge is -2.45. The van der Waals surface area contributed by atoms with Gasteiger partial charge in [-0.15, -0.1) is 0 Å². The number of carbonyl (C=O) groups is 1. The van der Waals surface area contributed by atoms with Crippen LogP contribution in [-0.2, 0) is 14.3 Å². The Morgan fingerprint density at radius 2 is 1.81 bits per heavy atom. The molecule has 3 rings (SSSR count). The highest BCUT2D eigenvalue weighted by atomic mass is 16.5. The second-order valence-electron chi connectivity index (χ2n) is 7.45. The van der Waals surface area contributed by atoms with Gasteiger partial charge in [0.05, 0.1) is 11.1 Å². The van der Waals surface area contributed by atoms with Crippen molar-refractivity contribution in [3.8, 4) is 0 Å². The van der Waals surface area contributed by atoms with Gasteiger partial charge in [0.15, 0.2) is 5.78 Å². The van der Waals surface area contributed by atoms with E-state index in [-0.39, 0.29) is 17.1 Å². The third-order valence-corrected chi connectivity index (χ3v) is 5.77. The van der Waals surface area contributed by atoms with E-state index in [4.69, 9.17) is 9.47 Å². The average Bonchev–Trinajstić information content (AvgIpc) is 3.02. The Hall–Kier alpha value is -0.450.